The maximum absolute atomic E-state index is 5.32. The van der Waals surface area contributed by atoms with Crippen LogP contribution >= 0.6 is 0 Å². The summed E-state index contributed by atoms with van der Waals surface area (Å²) >= 11 is 0. The van der Waals surface area contributed by atoms with Gasteiger partial charge in [0.2, 0.25) is 0 Å². The molecule has 44 valence electrons. The maximum atomic E-state index is 5.32. The number of hydrogen-bond acceptors (Lipinski definition) is 3. The van der Waals surface area contributed by atoms with E-state index in [1.165, 1.54) is 0 Å². The van der Waals surface area contributed by atoms with Crippen LogP contribution in [-0.4, -0.2) is 32.5 Å². The van der Waals surface area contributed by atoms with Crippen molar-refractivity contribution in [1.82, 2.24) is 4.90 Å². The molecule has 0 rings (SSSR count). The number of hydrogen-bond donors (Lipinski definition) is 1. The summed E-state index contributed by atoms with van der Waals surface area (Å²) < 4.78 is 4.72. The quantitative estimate of drug-likeness (QED) is 0.477. The number of ether oxygens (including phenoxy) is 1. The van der Waals surface area contributed by atoms with Gasteiger partial charge < -0.3 is 4.74 Å². The van der Waals surface area contributed by atoms with E-state index in [1.54, 1.807) is 12.0 Å². The zero-order valence-corrected chi connectivity index (χ0v) is 5.01. The lowest BCUT2D eigenvalue weighted by Gasteiger charge is -2.16. The fourth-order valence-electron chi connectivity index (χ4n) is 0.211. The smallest absolute Gasteiger partial charge is 0.162 e. The van der Waals surface area contributed by atoms with Crippen molar-refractivity contribution in [2.45, 2.75) is 6.35 Å². The van der Waals surface area contributed by atoms with Crippen molar-refractivity contribution >= 4 is 0 Å². The molecule has 0 aliphatic heterocycles. The van der Waals surface area contributed by atoms with Crippen LogP contribution in [0.1, 0.15) is 0 Å². The molecule has 1 atom stereocenters. The topological polar surface area (TPSA) is 38.5 Å². The second-order valence-corrected chi connectivity index (χ2v) is 1.59. The van der Waals surface area contributed by atoms with Gasteiger partial charge in [0.1, 0.15) is 0 Å². The van der Waals surface area contributed by atoms with Crippen molar-refractivity contribution in [2.24, 2.45) is 5.73 Å². The largest absolute Gasteiger partial charge is 0.353 e. The van der Waals surface area contributed by atoms with E-state index in [0.29, 0.717) is 0 Å². The molecule has 0 unspecified atom stereocenters. The molecule has 0 amide bonds. The summed E-state index contributed by atoms with van der Waals surface area (Å²) in [5, 5.41) is 0. The highest BCUT2D eigenvalue weighted by atomic mass is 16.5. The SMILES string of the molecule is CO[C@H](N)N(C)C. The Morgan fingerprint density at radius 1 is 1.57 bits per heavy atom. The Morgan fingerprint density at radius 2 is 2.00 bits per heavy atom. The molecule has 0 aliphatic carbocycles. The van der Waals surface area contributed by atoms with Crippen LogP contribution in [0.3, 0.4) is 0 Å². The van der Waals surface area contributed by atoms with Crippen LogP contribution in [0.4, 0.5) is 0 Å². The predicted octanol–water partition coefficient (Wildman–Crippen LogP) is -0.563. The van der Waals surface area contributed by atoms with Crippen LogP contribution in [0.5, 0.6) is 0 Å². The highest BCUT2D eigenvalue weighted by Crippen LogP contribution is 1.79. The molecule has 0 aliphatic rings. The third kappa shape index (κ3) is 2.56. The molecule has 0 radical (unpaired) electrons. The van der Waals surface area contributed by atoms with Crippen LogP contribution in [0.25, 0.3) is 0 Å². The first-order valence-electron chi connectivity index (χ1n) is 2.13. The first-order chi connectivity index (χ1) is 3.18. The Hall–Kier alpha value is -0.120. The van der Waals surface area contributed by atoms with Gasteiger partial charge in [-0.1, -0.05) is 0 Å². The summed E-state index contributed by atoms with van der Waals surface area (Å²) in [5.41, 5.74) is 5.32. The highest BCUT2D eigenvalue weighted by molar-refractivity contribution is 4.37. The summed E-state index contributed by atoms with van der Waals surface area (Å²) in [5.74, 6) is 0. The molecule has 0 bridgehead atoms. The van der Waals surface area contributed by atoms with Crippen molar-refractivity contribution in [3.05, 3.63) is 0 Å². The molecule has 0 aromatic rings. The Kier molecular flexibility index (Phi) is 2.91. The molecule has 0 fully saturated rings. The molecule has 0 aromatic carbocycles. The van der Waals surface area contributed by atoms with Gasteiger partial charge in [-0.05, 0) is 14.1 Å². The van der Waals surface area contributed by atoms with Crippen molar-refractivity contribution in [2.75, 3.05) is 21.2 Å². The lowest BCUT2D eigenvalue weighted by Crippen LogP contribution is -2.37. The fraction of sp³-hybridized carbons (Fsp3) is 1.00. The van der Waals surface area contributed by atoms with E-state index in [1.807, 2.05) is 14.1 Å². The van der Waals surface area contributed by atoms with E-state index in [0.717, 1.165) is 0 Å². The molecular weight excluding hydrogens is 92.1 g/mol. The molecule has 0 saturated heterocycles. The minimum absolute atomic E-state index is 0.264. The first kappa shape index (κ1) is 6.88. The highest BCUT2D eigenvalue weighted by Gasteiger charge is 1.97. The lowest BCUT2D eigenvalue weighted by molar-refractivity contribution is 0.00194. The summed E-state index contributed by atoms with van der Waals surface area (Å²) in [6, 6.07) is 0. The van der Waals surface area contributed by atoms with Crippen molar-refractivity contribution in [1.29, 1.82) is 0 Å². The minimum atomic E-state index is -0.264. The van der Waals surface area contributed by atoms with Crippen molar-refractivity contribution in [3.8, 4) is 0 Å². The third-order valence-electron chi connectivity index (χ3n) is 0.750. The standard InChI is InChI=1S/C4H12N2O/c1-6(2)4(5)7-3/h4H,5H2,1-3H3/t4-/m1/s1. The van der Waals surface area contributed by atoms with Crippen LogP contribution < -0.4 is 5.73 Å². The summed E-state index contributed by atoms with van der Waals surface area (Å²) in [6.07, 6.45) is -0.264. The van der Waals surface area contributed by atoms with Gasteiger partial charge in [0.25, 0.3) is 0 Å². The van der Waals surface area contributed by atoms with E-state index in [4.69, 9.17) is 10.5 Å². The Balaban J connectivity index is 3.14. The number of methoxy groups -OCH3 is 1. The number of rotatable bonds is 2. The fourth-order valence-corrected chi connectivity index (χ4v) is 0.211. The normalized spacial score (nSPS) is 15.0. The van der Waals surface area contributed by atoms with Gasteiger partial charge in [0.05, 0.1) is 0 Å². The van der Waals surface area contributed by atoms with Gasteiger partial charge in [0.15, 0.2) is 6.35 Å². The minimum Gasteiger partial charge on any atom is -0.353 e. The van der Waals surface area contributed by atoms with Crippen molar-refractivity contribution < 1.29 is 4.74 Å². The van der Waals surface area contributed by atoms with Crippen LogP contribution in [0.15, 0.2) is 0 Å². The average molecular weight is 104 g/mol. The Labute approximate surface area is 44.0 Å². The first-order valence-corrected chi connectivity index (χ1v) is 2.13. The second-order valence-electron chi connectivity index (χ2n) is 1.59. The maximum Gasteiger partial charge on any atom is 0.162 e. The van der Waals surface area contributed by atoms with E-state index < -0.39 is 0 Å². The molecule has 3 heteroatoms. The van der Waals surface area contributed by atoms with E-state index in [2.05, 4.69) is 0 Å². The summed E-state index contributed by atoms with van der Waals surface area (Å²) in [6.45, 7) is 0. The van der Waals surface area contributed by atoms with Gasteiger partial charge in [-0.2, -0.15) is 0 Å². The molecule has 0 spiro atoms. The van der Waals surface area contributed by atoms with E-state index >= 15 is 0 Å². The average Bonchev–Trinajstić information content (AvgIpc) is 1.65. The van der Waals surface area contributed by atoms with E-state index in [9.17, 15) is 0 Å². The Bertz CT molecular complexity index is 47.0. The molecular formula is C4H12N2O. The van der Waals surface area contributed by atoms with Crippen LogP contribution in [-0.2, 0) is 4.74 Å². The van der Waals surface area contributed by atoms with E-state index in [-0.39, 0.29) is 6.35 Å². The molecule has 3 nitrogen and oxygen atoms in total. The second kappa shape index (κ2) is 2.96. The van der Waals surface area contributed by atoms with Gasteiger partial charge >= 0.3 is 0 Å². The van der Waals surface area contributed by atoms with Gasteiger partial charge in [-0.3, -0.25) is 10.6 Å². The third-order valence-corrected chi connectivity index (χ3v) is 0.750. The van der Waals surface area contributed by atoms with Crippen LogP contribution in [0, 0.1) is 0 Å². The molecule has 0 saturated carbocycles. The Morgan fingerprint density at radius 3 is 2.00 bits per heavy atom. The molecule has 0 aromatic heterocycles. The van der Waals surface area contributed by atoms with Gasteiger partial charge in [0, 0.05) is 7.11 Å². The zero-order chi connectivity index (χ0) is 5.86. The van der Waals surface area contributed by atoms with Crippen LogP contribution in [0.2, 0.25) is 0 Å². The predicted molar refractivity (Wildman–Crippen MR) is 28.7 cm³/mol. The molecule has 7 heavy (non-hydrogen) atoms. The summed E-state index contributed by atoms with van der Waals surface area (Å²) in [4.78, 5) is 1.78. The number of nitrogens with two attached hydrogens (primary N) is 1. The zero-order valence-electron chi connectivity index (χ0n) is 5.01. The van der Waals surface area contributed by atoms with Crippen molar-refractivity contribution in [3.63, 3.8) is 0 Å². The lowest BCUT2D eigenvalue weighted by atomic mass is 10.8. The van der Waals surface area contributed by atoms with Gasteiger partial charge in [-0.15, -0.1) is 0 Å². The summed E-state index contributed by atoms with van der Waals surface area (Å²) in [7, 11) is 5.28. The molecule has 2 N–H and O–H groups in total. The monoisotopic (exact) mass is 104 g/mol. The molecule has 0 heterocycles. The van der Waals surface area contributed by atoms with Gasteiger partial charge in [-0.25, -0.2) is 0 Å². The number of nitrogens with zero attached hydrogens (tertiary/aromatic N) is 1.